The maximum Gasteiger partial charge on any atom is 0.128 e. The minimum absolute atomic E-state index is 0.706. The summed E-state index contributed by atoms with van der Waals surface area (Å²) in [6.45, 7) is 4.67. The smallest absolute Gasteiger partial charge is 0.128 e. The lowest BCUT2D eigenvalue weighted by molar-refractivity contribution is 0.674. The second-order valence-corrected chi connectivity index (χ2v) is 5.60. The van der Waals surface area contributed by atoms with Gasteiger partial charge in [0, 0.05) is 45.1 Å². The van der Waals surface area contributed by atoms with E-state index >= 15 is 0 Å². The quantitative estimate of drug-likeness (QED) is 0.799. The number of nitrogens with one attached hydrogen (secondary N) is 1. The van der Waals surface area contributed by atoms with Crippen molar-refractivity contribution in [3.05, 3.63) is 40.8 Å². The van der Waals surface area contributed by atoms with Crippen LogP contribution in [-0.2, 0) is 20.1 Å². The molecule has 0 saturated heterocycles. The summed E-state index contributed by atoms with van der Waals surface area (Å²) < 4.78 is 1.80. The Kier molecular flexibility index (Phi) is 5.59. The molecule has 0 bridgehead atoms. The highest BCUT2D eigenvalue weighted by Gasteiger charge is 2.08. The van der Waals surface area contributed by atoms with E-state index in [2.05, 4.69) is 27.2 Å². The van der Waals surface area contributed by atoms with E-state index in [0.29, 0.717) is 5.02 Å². The number of hydrogen-bond acceptors (Lipinski definition) is 4. The second-order valence-electron chi connectivity index (χ2n) is 5.19. The van der Waals surface area contributed by atoms with Crippen molar-refractivity contribution >= 4 is 17.4 Å². The van der Waals surface area contributed by atoms with E-state index in [-0.39, 0.29) is 0 Å². The van der Waals surface area contributed by atoms with Gasteiger partial charge in [0.1, 0.15) is 5.82 Å². The van der Waals surface area contributed by atoms with E-state index in [4.69, 9.17) is 11.6 Å². The third-order valence-corrected chi connectivity index (χ3v) is 3.57. The monoisotopic (exact) mass is 307 g/mol. The normalized spacial score (nSPS) is 10.9. The van der Waals surface area contributed by atoms with Crippen molar-refractivity contribution in [2.75, 3.05) is 18.5 Å². The number of halogens is 1. The summed E-state index contributed by atoms with van der Waals surface area (Å²) in [6, 6.07) is 2.04. The number of pyridine rings is 1. The van der Waals surface area contributed by atoms with Crippen LogP contribution in [0.2, 0.25) is 5.02 Å². The van der Waals surface area contributed by atoms with Gasteiger partial charge in [0.2, 0.25) is 0 Å². The van der Waals surface area contributed by atoms with Crippen LogP contribution in [-0.4, -0.2) is 28.4 Å². The number of rotatable bonds is 7. The van der Waals surface area contributed by atoms with Crippen LogP contribution in [0.4, 0.5) is 5.82 Å². The Morgan fingerprint density at radius 1 is 1.38 bits per heavy atom. The van der Waals surface area contributed by atoms with E-state index < -0.39 is 0 Å². The fraction of sp³-hybridized carbons (Fsp3) is 0.467. The molecule has 0 aliphatic heterocycles. The summed E-state index contributed by atoms with van der Waals surface area (Å²) in [4.78, 5) is 6.50. The van der Waals surface area contributed by atoms with E-state index in [1.165, 1.54) is 0 Å². The van der Waals surface area contributed by atoms with Crippen LogP contribution < -0.4 is 10.2 Å². The predicted octanol–water partition coefficient (Wildman–Crippen LogP) is 2.60. The van der Waals surface area contributed by atoms with E-state index in [1.807, 2.05) is 32.6 Å². The lowest BCUT2D eigenvalue weighted by Crippen LogP contribution is -2.19. The molecule has 0 atom stereocenters. The number of anilines is 1. The molecule has 2 aromatic rings. The van der Waals surface area contributed by atoms with Crippen molar-refractivity contribution < 1.29 is 0 Å². The Morgan fingerprint density at radius 3 is 2.86 bits per heavy atom. The van der Waals surface area contributed by atoms with Gasteiger partial charge in [-0.15, -0.1) is 0 Å². The maximum atomic E-state index is 6.21. The van der Waals surface area contributed by atoms with Crippen molar-refractivity contribution in [1.82, 2.24) is 20.1 Å². The molecule has 1 N–H and O–H groups in total. The van der Waals surface area contributed by atoms with Crippen LogP contribution in [0.15, 0.2) is 24.7 Å². The van der Waals surface area contributed by atoms with Gasteiger partial charge in [-0.05, 0) is 24.6 Å². The molecule has 2 aromatic heterocycles. The third-order valence-electron chi connectivity index (χ3n) is 3.23. The average Bonchev–Trinajstić information content (AvgIpc) is 2.86. The van der Waals surface area contributed by atoms with Crippen LogP contribution in [0.25, 0.3) is 0 Å². The molecule has 114 valence electrons. The minimum atomic E-state index is 0.706. The summed E-state index contributed by atoms with van der Waals surface area (Å²) in [5.74, 6) is 0.913. The standard InChI is InChI=1S/C15H22ClN5/c1-4-5-17-8-13-6-15(18-9-14(13)16)20(2)10-12-7-19-21(3)11-12/h6-7,9,11,17H,4-5,8,10H2,1-3H3. The van der Waals surface area contributed by atoms with Crippen LogP contribution in [0.3, 0.4) is 0 Å². The molecule has 0 aromatic carbocycles. The second kappa shape index (κ2) is 7.43. The highest BCUT2D eigenvalue weighted by molar-refractivity contribution is 6.31. The molecule has 2 rings (SSSR count). The van der Waals surface area contributed by atoms with E-state index in [0.717, 1.165) is 43.0 Å². The maximum absolute atomic E-state index is 6.21. The Hall–Kier alpha value is -1.59. The summed E-state index contributed by atoms with van der Waals surface area (Å²) >= 11 is 6.21. The predicted molar refractivity (Wildman–Crippen MR) is 86.6 cm³/mol. The fourth-order valence-electron chi connectivity index (χ4n) is 2.12. The van der Waals surface area contributed by atoms with Crippen LogP contribution in [0.5, 0.6) is 0 Å². The van der Waals surface area contributed by atoms with E-state index in [1.54, 1.807) is 10.9 Å². The first kappa shape index (κ1) is 15.8. The van der Waals surface area contributed by atoms with Gasteiger partial charge in [0.15, 0.2) is 0 Å². The highest BCUT2D eigenvalue weighted by atomic mass is 35.5. The van der Waals surface area contributed by atoms with Gasteiger partial charge in [-0.3, -0.25) is 4.68 Å². The molecule has 0 spiro atoms. The van der Waals surface area contributed by atoms with Gasteiger partial charge in [0.25, 0.3) is 0 Å². The average molecular weight is 308 g/mol. The molecule has 21 heavy (non-hydrogen) atoms. The Labute approximate surface area is 130 Å². The minimum Gasteiger partial charge on any atom is -0.355 e. The Balaban J connectivity index is 2.06. The zero-order valence-corrected chi connectivity index (χ0v) is 13.6. The van der Waals surface area contributed by atoms with Gasteiger partial charge in [-0.1, -0.05) is 18.5 Å². The summed E-state index contributed by atoms with van der Waals surface area (Å²) in [7, 11) is 3.94. The molecule has 2 heterocycles. The molecule has 0 aliphatic carbocycles. The SMILES string of the molecule is CCCNCc1cc(N(C)Cc2cnn(C)c2)ncc1Cl. The first-order valence-electron chi connectivity index (χ1n) is 7.14. The fourth-order valence-corrected chi connectivity index (χ4v) is 2.29. The molecule has 0 saturated carbocycles. The number of hydrogen-bond donors (Lipinski definition) is 1. The molecule has 0 amide bonds. The first-order valence-corrected chi connectivity index (χ1v) is 7.51. The van der Waals surface area contributed by atoms with Crippen LogP contribution >= 0.6 is 11.6 Å². The first-order chi connectivity index (χ1) is 10.1. The number of aromatic nitrogens is 3. The summed E-state index contributed by atoms with van der Waals surface area (Å²) in [5, 5.41) is 8.26. The molecule has 0 aliphatic rings. The van der Waals surface area contributed by atoms with Gasteiger partial charge in [-0.25, -0.2) is 4.98 Å². The number of aryl methyl sites for hydroxylation is 1. The third kappa shape index (κ3) is 4.44. The largest absolute Gasteiger partial charge is 0.355 e. The van der Waals surface area contributed by atoms with Crippen molar-refractivity contribution in [1.29, 1.82) is 0 Å². The molecule has 0 fully saturated rings. The Morgan fingerprint density at radius 2 is 2.19 bits per heavy atom. The van der Waals surface area contributed by atoms with Crippen LogP contribution in [0.1, 0.15) is 24.5 Å². The lowest BCUT2D eigenvalue weighted by Gasteiger charge is -2.18. The van der Waals surface area contributed by atoms with Crippen molar-refractivity contribution in [2.45, 2.75) is 26.4 Å². The highest BCUT2D eigenvalue weighted by Crippen LogP contribution is 2.20. The summed E-state index contributed by atoms with van der Waals surface area (Å²) in [5.41, 5.74) is 2.23. The van der Waals surface area contributed by atoms with Gasteiger partial charge in [-0.2, -0.15) is 5.10 Å². The van der Waals surface area contributed by atoms with E-state index in [9.17, 15) is 0 Å². The molecule has 6 heteroatoms. The molecular formula is C15H22ClN5. The van der Waals surface area contributed by atoms with Crippen LogP contribution in [0, 0.1) is 0 Å². The summed E-state index contributed by atoms with van der Waals surface area (Å²) in [6.07, 6.45) is 6.71. The zero-order chi connectivity index (χ0) is 15.2. The van der Waals surface area contributed by atoms with Crippen molar-refractivity contribution in [3.8, 4) is 0 Å². The van der Waals surface area contributed by atoms with Gasteiger partial charge in [0.05, 0.1) is 11.2 Å². The Bertz CT molecular complexity index is 581. The van der Waals surface area contributed by atoms with Crippen molar-refractivity contribution in [3.63, 3.8) is 0 Å². The molecule has 5 nitrogen and oxygen atoms in total. The zero-order valence-electron chi connectivity index (χ0n) is 12.8. The lowest BCUT2D eigenvalue weighted by atomic mass is 10.2. The van der Waals surface area contributed by atoms with Gasteiger partial charge < -0.3 is 10.2 Å². The molecular weight excluding hydrogens is 286 g/mol. The molecule has 0 unspecified atom stereocenters. The number of nitrogens with zero attached hydrogens (tertiary/aromatic N) is 4. The molecule has 0 radical (unpaired) electrons. The topological polar surface area (TPSA) is 46.0 Å². The van der Waals surface area contributed by atoms with Crippen molar-refractivity contribution in [2.24, 2.45) is 7.05 Å². The van der Waals surface area contributed by atoms with Gasteiger partial charge >= 0.3 is 0 Å².